The summed E-state index contributed by atoms with van der Waals surface area (Å²) in [5.41, 5.74) is 3.64. The van der Waals surface area contributed by atoms with Crippen molar-refractivity contribution in [2.24, 2.45) is 0 Å². The van der Waals surface area contributed by atoms with Gasteiger partial charge in [-0.05, 0) is 50.6 Å². The Balaban J connectivity index is 1.22. The van der Waals surface area contributed by atoms with Crippen LogP contribution in [0.4, 0.5) is 22.4 Å². The van der Waals surface area contributed by atoms with E-state index in [4.69, 9.17) is 4.74 Å². The van der Waals surface area contributed by atoms with E-state index < -0.39 is 5.60 Å². The van der Waals surface area contributed by atoms with Crippen molar-refractivity contribution < 1.29 is 14.6 Å². The zero-order valence-corrected chi connectivity index (χ0v) is 22.5. The highest BCUT2D eigenvalue weighted by atomic mass is 16.6. The SMILES string of the molecule is CNc1cc(-c2ccc3nc(Nc4cc(CN5CCN(C(=O)OC(C)(C)C)CC5)ccn4)[nH]c3c2)nc(O)n1. The fourth-order valence-electron chi connectivity index (χ4n) is 4.37. The first-order valence-electron chi connectivity index (χ1n) is 12.8. The Hall–Kier alpha value is -4.45. The summed E-state index contributed by atoms with van der Waals surface area (Å²) >= 11 is 0. The number of anilines is 3. The Morgan fingerprint density at radius 1 is 1.05 bits per heavy atom. The summed E-state index contributed by atoms with van der Waals surface area (Å²) in [7, 11) is 1.73. The van der Waals surface area contributed by atoms with E-state index in [1.165, 1.54) is 0 Å². The normalized spacial score (nSPS) is 14.4. The minimum absolute atomic E-state index is 0.256. The molecule has 1 saturated heterocycles. The number of hydrogen-bond donors (Lipinski definition) is 4. The Kier molecular flexibility index (Phi) is 7.20. The topological polar surface area (TPSA) is 144 Å². The van der Waals surface area contributed by atoms with Gasteiger partial charge in [0.25, 0.3) is 0 Å². The summed E-state index contributed by atoms with van der Waals surface area (Å²) in [6, 6.07) is 11.2. The van der Waals surface area contributed by atoms with Gasteiger partial charge in [0.05, 0.1) is 16.7 Å². The Bertz CT molecular complexity index is 1470. The van der Waals surface area contributed by atoms with E-state index >= 15 is 0 Å². The van der Waals surface area contributed by atoms with Crippen LogP contribution in [0.15, 0.2) is 42.6 Å². The molecule has 1 aromatic carbocycles. The van der Waals surface area contributed by atoms with Crippen LogP contribution in [-0.4, -0.2) is 84.7 Å². The number of nitrogens with one attached hydrogen (secondary N) is 3. The van der Waals surface area contributed by atoms with Gasteiger partial charge >= 0.3 is 12.1 Å². The second kappa shape index (κ2) is 10.7. The molecule has 4 N–H and O–H groups in total. The molecule has 1 aliphatic heterocycles. The smallest absolute Gasteiger partial charge is 0.410 e. The van der Waals surface area contributed by atoms with Crippen LogP contribution >= 0.6 is 0 Å². The molecule has 0 aliphatic carbocycles. The molecular weight excluding hydrogens is 498 g/mol. The fourth-order valence-corrected chi connectivity index (χ4v) is 4.37. The predicted octanol–water partition coefficient (Wildman–Crippen LogP) is 3.96. The first-order valence-corrected chi connectivity index (χ1v) is 12.8. The molecule has 5 rings (SSSR count). The quantitative estimate of drug-likeness (QED) is 0.288. The van der Waals surface area contributed by atoms with Crippen molar-refractivity contribution in [3.63, 3.8) is 0 Å². The lowest BCUT2D eigenvalue weighted by Crippen LogP contribution is -2.49. The van der Waals surface area contributed by atoms with Crippen LogP contribution in [0.3, 0.4) is 0 Å². The standard InChI is InChI=1S/C27H33N9O3/c1-27(2,3)39-26(38)36-11-9-35(10-12-36)16-17-7-8-29-23(13-17)33-24-30-19-6-5-18(14-21(19)31-24)20-15-22(28-4)34-25(37)32-20/h5-8,13-15H,9-12,16H2,1-4H3,(H2,28,32,34,37)(H2,29,30,31,33). The molecule has 0 bridgehead atoms. The van der Waals surface area contributed by atoms with Gasteiger partial charge < -0.3 is 30.4 Å². The molecule has 204 valence electrons. The number of carbonyl (C=O) groups excluding carboxylic acids is 1. The largest absolute Gasteiger partial charge is 0.479 e. The van der Waals surface area contributed by atoms with Gasteiger partial charge in [0.15, 0.2) is 0 Å². The molecule has 0 atom stereocenters. The first-order chi connectivity index (χ1) is 18.6. The molecule has 1 fully saturated rings. The molecule has 39 heavy (non-hydrogen) atoms. The molecule has 12 heteroatoms. The highest BCUT2D eigenvalue weighted by Gasteiger charge is 2.25. The van der Waals surface area contributed by atoms with Crippen molar-refractivity contribution in [2.45, 2.75) is 32.9 Å². The number of nitrogens with zero attached hydrogens (tertiary/aromatic N) is 6. The number of ether oxygens (including phenoxy) is 1. The van der Waals surface area contributed by atoms with Gasteiger partial charge in [0, 0.05) is 57.6 Å². The maximum atomic E-state index is 12.3. The maximum Gasteiger partial charge on any atom is 0.410 e. The number of rotatable bonds is 6. The van der Waals surface area contributed by atoms with Crippen LogP contribution in [-0.2, 0) is 11.3 Å². The lowest BCUT2D eigenvalue weighted by Gasteiger charge is -2.35. The molecule has 0 unspecified atom stereocenters. The van der Waals surface area contributed by atoms with Crippen LogP contribution in [0, 0.1) is 0 Å². The lowest BCUT2D eigenvalue weighted by atomic mass is 10.1. The van der Waals surface area contributed by atoms with Crippen molar-refractivity contribution >= 4 is 34.7 Å². The summed E-state index contributed by atoms with van der Waals surface area (Å²) in [6.45, 7) is 9.21. The van der Waals surface area contributed by atoms with Crippen LogP contribution < -0.4 is 10.6 Å². The molecular formula is C27H33N9O3. The van der Waals surface area contributed by atoms with Crippen molar-refractivity contribution in [3.05, 3.63) is 48.2 Å². The van der Waals surface area contributed by atoms with Crippen molar-refractivity contribution in [2.75, 3.05) is 43.9 Å². The first kappa shape index (κ1) is 26.2. The number of piperazine rings is 1. The third-order valence-electron chi connectivity index (χ3n) is 6.25. The molecule has 3 aromatic heterocycles. The van der Waals surface area contributed by atoms with E-state index in [9.17, 15) is 9.90 Å². The van der Waals surface area contributed by atoms with Crippen molar-refractivity contribution in [3.8, 4) is 17.3 Å². The third kappa shape index (κ3) is 6.52. The number of aromatic nitrogens is 5. The van der Waals surface area contributed by atoms with Crippen molar-refractivity contribution in [1.29, 1.82) is 0 Å². The van der Waals surface area contributed by atoms with Gasteiger partial charge in [-0.3, -0.25) is 4.90 Å². The zero-order chi connectivity index (χ0) is 27.6. The van der Waals surface area contributed by atoms with Crippen LogP contribution in [0.25, 0.3) is 22.3 Å². The summed E-state index contributed by atoms with van der Waals surface area (Å²) in [6.07, 6.45) is 1.52. The number of fused-ring (bicyclic) bond motifs is 1. The predicted molar refractivity (Wildman–Crippen MR) is 149 cm³/mol. The number of aromatic hydroxyl groups is 1. The highest BCUT2D eigenvalue weighted by molar-refractivity contribution is 5.83. The molecule has 0 spiro atoms. The van der Waals surface area contributed by atoms with Gasteiger partial charge in [0.2, 0.25) is 5.95 Å². The molecule has 1 aliphatic rings. The van der Waals surface area contributed by atoms with E-state index in [0.29, 0.717) is 36.4 Å². The van der Waals surface area contributed by atoms with Gasteiger partial charge in [-0.15, -0.1) is 0 Å². The third-order valence-corrected chi connectivity index (χ3v) is 6.25. The Morgan fingerprint density at radius 3 is 2.59 bits per heavy atom. The van der Waals surface area contributed by atoms with Gasteiger partial charge in [-0.1, -0.05) is 6.07 Å². The van der Waals surface area contributed by atoms with E-state index in [1.807, 2.05) is 51.1 Å². The summed E-state index contributed by atoms with van der Waals surface area (Å²) in [5, 5.41) is 16.0. The van der Waals surface area contributed by atoms with E-state index in [0.717, 1.165) is 41.8 Å². The highest BCUT2D eigenvalue weighted by Crippen LogP contribution is 2.26. The number of hydrogen-bond acceptors (Lipinski definition) is 10. The van der Waals surface area contributed by atoms with Gasteiger partial charge in [-0.25, -0.2) is 14.8 Å². The summed E-state index contributed by atoms with van der Waals surface area (Å²) in [5.74, 6) is 1.78. The zero-order valence-electron chi connectivity index (χ0n) is 22.5. The fraction of sp³-hybridized carbons (Fsp3) is 0.370. The van der Waals surface area contributed by atoms with Crippen LogP contribution in [0.5, 0.6) is 6.01 Å². The minimum Gasteiger partial charge on any atom is -0.479 e. The molecule has 4 heterocycles. The van der Waals surface area contributed by atoms with Crippen molar-refractivity contribution in [1.82, 2.24) is 34.7 Å². The van der Waals surface area contributed by atoms with E-state index in [-0.39, 0.29) is 12.1 Å². The van der Waals surface area contributed by atoms with E-state index in [2.05, 4.69) is 40.5 Å². The van der Waals surface area contributed by atoms with Gasteiger partial charge in [0.1, 0.15) is 17.2 Å². The summed E-state index contributed by atoms with van der Waals surface area (Å²) in [4.78, 5) is 36.8. The van der Waals surface area contributed by atoms with Gasteiger partial charge in [-0.2, -0.15) is 9.97 Å². The van der Waals surface area contributed by atoms with E-state index in [1.54, 1.807) is 24.2 Å². The molecule has 1 amide bonds. The minimum atomic E-state index is -0.492. The number of H-pyrrole nitrogens is 1. The second-order valence-corrected chi connectivity index (χ2v) is 10.4. The summed E-state index contributed by atoms with van der Waals surface area (Å²) < 4.78 is 5.49. The number of aromatic amines is 1. The maximum absolute atomic E-state index is 12.3. The lowest BCUT2D eigenvalue weighted by molar-refractivity contribution is 0.0139. The molecule has 0 saturated carbocycles. The molecule has 0 radical (unpaired) electrons. The number of carbonyl (C=O) groups is 1. The number of pyridine rings is 1. The second-order valence-electron chi connectivity index (χ2n) is 10.4. The average molecular weight is 532 g/mol. The van der Waals surface area contributed by atoms with Crippen LogP contribution in [0.1, 0.15) is 26.3 Å². The molecule has 4 aromatic rings. The Morgan fingerprint density at radius 2 is 1.85 bits per heavy atom. The number of benzene rings is 1. The van der Waals surface area contributed by atoms with Crippen LogP contribution in [0.2, 0.25) is 0 Å². The average Bonchev–Trinajstić information content (AvgIpc) is 3.29. The number of imidazole rings is 1. The number of amides is 1. The Labute approximate surface area is 226 Å². The molecule has 12 nitrogen and oxygen atoms in total. The monoisotopic (exact) mass is 531 g/mol.